The van der Waals surface area contributed by atoms with Gasteiger partial charge in [0.25, 0.3) is 0 Å². The zero-order chi connectivity index (χ0) is 13.6. The monoisotopic (exact) mass is 260 g/mol. The van der Waals surface area contributed by atoms with Crippen LogP contribution in [0.25, 0.3) is 21.7 Å². The first kappa shape index (κ1) is 11.5. The highest BCUT2D eigenvalue weighted by molar-refractivity contribution is 6.04. The number of benzene rings is 2. The van der Waals surface area contributed by atoms with Crippen LogP contribution >= 0.6 is 0 Å². The fourth-order valence-electron chi connectivity index (χ4n) is 2.05. The third kappa shape index (κ3) is 1.71. The van der Waals surface area contributed by atoms with E-state index in [0.29, 0.717) is 21.9 Å². The van der Waals surface area contributed by atoms with Gasteiger partial charge < -0.3 is 14.3 Å². The minimum Gasteiger partial charge on any atom is -0.505 e. The predicted octanol–water partition coefficient (Wildman–Crippen LogP) is 2.80. The van der Waals surface area contributed by atoms with Gasteiger partial charge in [0.1, 0.15) is 11.3 Å². The summed E-state index contributed by atoms with van der Waals surface area (Å²) in [5.74, 6) is -0.805. The number of hydrogen-bond acceptors (Lipinski definition) is 4. The Balaban J connectivity index is 2.52. The SMILES string of the molecule is COc1ccc2c(c1)c(=O)oc1cc(O)c(F)cc12. The number of aromatic hydroxyl groups is 1. The minimum absolute atomic E-state index is 0.140. The Morgan fingerprint density at radius 1 is 1.16 bits per heavy atom. The first-order valence-electron chi connectivity index (χ1n) is 5.53. The zero-order valence-corrected chi connectivity index (χ0v) is 9.94. The molecule has 0 amide bonds. The van der Waals surface area contributed by atoms with E-state index in [1.54, 1.807) is 12.1 Å². The number of phenols is 1. The molecule has 1 N–H and O–H groups in total. The van der Waals surface area contributed by atoms with Gasteiger partial charge in [-0.15, -0.1) is 0 Å². The average molecular weight is 260 g/mol. The Morgan fingerprint density at radius 2 is 1.95 bits per heavy atom. The molecule has 3 aromatic rings. The Labute approximate surface area is 106 Å². The Bertz CT molecular complexity index is 851. The molecule has 0 bridgehead atoms. The number of rotatable bonds is 1. The fourth-order valence-corrected chi connectivity index (χ4v) is 2.05. The van der Waals surface area contributed by atoms with Crippen LogP contribution in [0.15, 0.2) is 39.5 Å². The van der Waals surface area contributed by atoms with E-state index < -0.39 is 17.2 Å². The number of phenolic OH excluding ortho intramolecular Hbond substituents is 1. The first-order chi connectivity index (χ1) is 9.10. The number of halogens is 1. The van der Waals surface area contributed by atoms with E-state index in [4.69, 9.17) is 9.15 Å². The highest BCUT2D eigenvalue weighted by atomic mass is 19.1. The van der Waals surface area contributed by atoms with Crippen LogP contribution in [0, 0.1) is 5.82 Å². The van der Waals surface area contributed by atoms with Gasteiger partial charge in [0.05, 0.1) is 12.5 Å². The predicted molar refractivity (Wildman–Crippen MR) is 68.2 cm³/mol. The summed E-state index contributed by atoms with van der Waals surface area (Å²) in [5, 5.41) is 10.6. The normalized spacial score (nSPS) is 11.1. The van der Waals surface area contributed by atoms with Crippen LogP contribution in [0.3, 0.4) is 0 Å². The maximum absolute atomic E-state index is 13.4. The molecule has 1 heterocycles. The second-order valence-electron chi connectivity index (χ2n) is 4.10. The summed E-state index contributed by atoms with van der Waals surface area (Å²) in [6, 6.07) is 7.10. The van der Waals surface area contributed by atoms with Gasteiger partial charge in [0.2, 0.25) is 0 Å². The molecule has 96 valence electrons. The van der Waals surface area contributed by atoms with Crippen molar-refractivity contribution in [2.24, 2.45) is 0 Å². The Kier molecular flexibility index (Phi) is 2.41. The van der Waals surface area contributed by atoms with E-state index in [9.17, 15) is 14.3 Å². The minimum atomic E-state index is -0.765. The van der Waals surface area contributed by atoms with Crippen LogP contribution in [0.1, 0.15) is 0 Å². The average Bonchev–Trinajstić information content (AvgIpc) is 2.41. The van der Waals surface area contributed by atoms with E-state index in [1.165, 1.54) is 13.2 Å². The topological polar surface area (TPSA) is 59.7 Å². The quantitative estimate of drug-likeness (QED) is 0.540. The van der Waals surface area contributed by atoms with Crippen molar-refractivity contribution in [2.75, 3.05) is 7.11 Å². The molecule has 0 radical (unpaired) electrons. The van der Waals surface area contributed by atoms with Gasteiger partial charge in [0, 0.05) is 16.8 Å². The van der Waals surface area contributed by atoms with Crippen LogP contribution in [0.2, 0.25) is 0 Å². The van der Waals surface area contributed by atoms with E-state index in [-0.39, 0.29) is 5.58 Å². The summed E-state index contributed by atoms with van der Waals surface area (Å²) in [5.41, 5.74) is -0.422. The molecule has 0 saturated carbocycles. The Hall–Kier alpha value is -2.56. The molecule has 0 fully saturated rings. The standard InChI is InChI=1S/C14H9FO4/c1-18-7-2-3-8-9-5-11(15)12(16)6-13(9)19-14(17)10(8)4-7/h2-6,16H,1H3. The van der Waals surface area contributed by atoms with Gasteiger partial charge in [0.15, 0.2) is 11.6 Å². The largest absolute Gasteiger partial charge is 0.505 e. The van der Waals surface area contributed by atoms with Gasteiger partial charge >= 0.3 is 5.63 Å². The van der Waals surface area contributed by atoms with Crippen molar-refractivity contribution in [2.45, 2.75) is 0 Å². The molecule has 0 saturated heterocycles. The van der Waals surface area contributed by atoms with Gasteiger partial charge in [-0.05, 0) is 24.3 Å². The highest BCUT2D eigenvalue weighted by Crippen LogP contribution is 2.29. The number of hydrogen-bond donors (Lipinski definition) is 1. The maximum atomic E-state index is 13.4. The molecule has 0 aliphatic rings. The summed E-state index contributed by atoms with van der Waals surface area (Å²) in [6.45, 7) is 0. The molecule has 19 heavy (non-hydrogen) atoms. The molecule has 2 aromatic carbocycles. The van der Waals surface area contributed by atoms with Crippen LogP contribution in [-0.4, -0.2) is 12.2 Å². The van der Waals surface area contributed by atoms with E-state index in [2.05, 4.69) is 0 Å². The van der Waals surface area contributed by atoms with E-state index in [0.717, 1.165) is 12.1 Å². The van der Waals surface area contributed by atoms with E-state index >= 15 is 0 Å². The van der Waals surface area contributed by atoms with Crippen molar-refractivity contribution < 1.29 is 18.7 Å². The van der Waals surface area contributed by atoms with Crippen molar-refractivity contribution in [1.82, 2.24) is 0 Å². The zero-order valence-electron chi connectivity index (χ0n) is 9.94. The summed E-state index contributed by atoms with van der Waals surface area (Å²) < 4.78 is 23.5. The molecule has 0 spiro atoms. The van der Waals surface area contributed by atoms with E-state index in [1.807, 2.05) is 0 Å². The lowest BCUT2D eigenvalue weighted by molar-refractivity contribution is 0.415. The summed E-state index contributed by atoms with van der Waals surface area (Å²) in [7, 11) is 1.49. The molecule has 4 nitrogen and oxygen atoms in total. The van der Waals surface area contributed by atoms with Gasteiger partial charge in [-0.3, -0.25) is 0 Å². The molecular formula is C14H9FO4. The number of fused-ring (bicyclic) bond motifs is 3. The first-order valence-corrected chi connectivity index (χ1v) is 5.53. The molecule has 1 aromatic heterocycles. The second kappa shape index (κ2) is 3.98. The number of ether oxygens (including phenoxy) is 1. The molecule has 3 rings (SSSR count). The smallest absolute Gasteiger partial charge is 0.344 e. The highest BCUT2D eigenvalue weighted by Gasteiger charge is 2.11. The molecule has 5 heteroatoms. The van der Waals surface area contributed by atoms with Gasteiger partial charge in [-0.2, -0.15) is 0 Å². The fraction of sp³-hybridized carbons (Fsp3) is 0.0714. The lowest BCUT2D eigenvalue weighted by atomic mass is 10.1. The molecule has 0 atom stereocenters. The third-order valence-electron chi connectivity index (χ3n) is 2.99. The summed E-state index contributed by atoms with van der Waals surface area (Å²) in [6.07, 6.45) is 0. The maximum Gasteiger partial charge on any atom is 0.344 e. The Morgan fingerprint density at radius 3 is 2.68 bits per heavy atom. The molecular weight excluding hydrogens is 251 g/mol. The van der Waals surface area contributed by atoms with Gasteiger partial charge in [-0.25, -0.2) is 9.18 Å². The lowest BCUT2D eigenvalue weighted by Crippen LogP contribution is -2.00. The van der Waals surface area contributed by atoms with Crippen molar-refractivity contribution in [1.29, 1.82) is 0 Å². The molecule has 0 aliphatic heterocycles. The van der Waals surface area contributed by atoms with Crippen molar-refractivity contribution in [3.05, 3.63) is 46.6 Å². The molecule has 0 unspecified atom stereocenters. The van der Waals surface area contributed by atoms with Crippen LogP contribution < -0.4 is 10.4 Å². The third-order valence-corrected chi connectivity index (χ3v) is 2.99. The summed E-state index contributed by atoms with van der Waals surface area (Å²) >= 11 is 0. The van der Waals surface area contributed by atoms with Crippen LogP contribution in [-0.2, 0) is 0 Å². The second-order valence-corrected chi connectivity index (χ2v) is 4.10. The van der Waals surface area contributed by atoms with Crippen LogP contribution in [0.4, 0.5) is 4.39 Å². The number of methoxy groups -OCH3 is 1. The summed E-state index contributed by atoms with van der Waals surface area (Å²) in [4.78, 5) is 11.9. The molecule has 0 aliphatic carbocycles. The van der Waals surface area contributed by atoms with Crippen molar-refractivity contribution in [3.63, 3.8) is 0 Å². The van der Waals surface area contributed by atoms with Crippen molar-refractivity contribution in [3.8, 4) is 11.5 Å². The van der Waals surface area contributed by atoms with Gasteiger partial charge in [-0.1, -0.05) is 0 Å². The lowest BCUT2D eigenvalue weighted by Gasteiger charge is -2.05. The van der Waals surface area contributed by atoms with Crippen molar-refractivity contribution >= 4 is 21.7 Å². The van der Waals surface area contributed by atoms with Crippen LogP contribution in [0.5, 0.6) is 11.5 Å².